The number of hydrogen-bond acceptors (Lipinski definition) is 4. The number of carboxylic acids is 1. The molecule has 2 aromatic carbocycles. The van der Waals surface area contributed by atoms with Crippen molar-refractivity contribution in [3.63, 3.8) is 0 Å². The molecule has 132 valence electrons. The Balaban J connectivity index is 1.78. The second kappa shape index (κ2) is 10.1. The highest BCUT2D eigenvalue weighted by molar-refractivity contribution is 5.77. The molecule has 2 aromatic rings. The summed E-state index contributed by atoms with van der Waals surface area (Å²) in [7, 11) is 0. The molecule has 6 nitrogen and oxygen atoms in total. The molecule has 0 saturated heterocycles. The maximum Gasteiger partial charge on any atom is 0.329 e. The first kappa shape index (κ1) is 18.5. The van der Waals surface area contributed by atoms with E-state index in [2.05, 4.69) is 5.32 Å². The SMILES string of the molecule is O=C(O)COCCNC(=O)COc1ccccc1Cc1ccccc1. The van der Waals surface area contributed by atoms with Gasteiger partial charge in [-0.25, -0.2) is 4.79 Å². The molecule has 0 aliphatic rings. The lowest BCUT2D eigenvalue weighted by molar-refractivity contribution is -0.142. The summed E-state index contributed by atoms with van der Waals surface area (Å²) in [6, 6.07) is 17.6. The van der Waals surface area contributed by atoms with E-state index in [4.69, 9.17) is 14.6 Å². The van der Waals surface area contributed by atoms with Crippen LogP contribution in [0, 0.1) is 0 Å². The van der Waals surface area contributed by atoms with Crippen molar-refractivity contribution in [3.8, 4) is 5.75 Å². The van der Waals surface area contributed by atoms with Crippen LogP contribution in [0.15, 0.2) is 54.6 Å². The van der Waals surface area contributed by atoms with Gasteiger partial charge >= 0.3 is 5.97 Å². The Morgan fingerprint density at radius 1 is 0.960 bits per heavy atom. The Kier molecular flexibility index (Phi) is 7.46. The lowest BCUT2D eigenvalue weighted by Gasteiger charge is -2.12. The van der Waals surface area contributed by atoms with Gasteiger partial charge in [0.05, 0.1) is 6.61 Å². The molecule has 0 unspecified atom stereocenters. The van der Waals surface area contributed by atoms with Crippen molar-refractivity contribution in [2.75, 3.05) is 26.4 Å². The number of rotatable bonds is 10. The van der Waals surface area contributed by atoms with Gasteiger partial charge in [-0.1, -0.05) is 48.5 Å². The van der Waals surface area contributed by atoms with Crippen LogP contribution < -0.4 is 10.1 Å². The van der Waals surface area contributed by atoms with Gasteiger partial charge in [0, 0.05) is 13.0 Å². The fourth-order valence-electron chi connectivity index (χ4n) is 2.22. The van der Waals surface area contributed by atoms with Crippen molar-refractivity contribution in [2.45, 2.75) is 6.42 Å². The minimum atomic E-state index is -1.04. The number of carbonyl (C=O) groups excluding carboxylic acids is 1. The van der Waals surface area contributed by atoms with Crippen LogP contribution in [-0.4, -0.2) is 43.3 Å². The number of nitrogens with one attached hydrogen (secondary N) is 1. The fourth-order valence-corrected chi connectivity index (χ4v) is 2.22. The van der Waals surface area contributed by atoms with E-state index in [1.165, 1.54) is 5.56 Å². The van der Waals surface area contributed by atoms with Gasteiger partial charge in [0.2, 0.25) is 0 Å². The lowest BCUT2D eigenvalue weighted by Crippen LogP contribution is -2.32. The Hall–Kier alpha value is -2.86. The first-order chi connectivity index (χ1) is 12.1. The Morgan fingerprint density at radius 2 is 1.68 bits per heavy atom. The second-order valence-corrected chi connectivity index (χ2v) is 5.36. The average molecular weight is 343 g/mol. The predicted molar refractivity (Wildman–Crippen MR) is 92.6 cm³/mol. The highest BCUT2D eigenvalue weighted by Crippen LogP contribution is 2.21. The van der Waals surface area contributed by atoms with Gasteiger partial charge < -0.3 is 19.9 Å². The topological polar surface area (TPSA) is 84.9 Å². The average Bonchev–Trinajstić information content (AvgIpc) is 2.61. The molecule has 6 heteroatoms. The van der Waals surface area contributed by atoms with Crippen molar-refractivity contribution >= 4 is 11.9 Å². The summed E-state index contributed by atoms with van der Waals surface area (Å²) in [5.41, 5.74) is 2.17. The second-order valence-electron chi connectivity index (χ2n) is 5.36. The van der Waals surface area contributed by atoms with Crippen LogP contribution in [0.25, 0.3) is 0 Å². The number of benzene rings is 2. The van der Waals surface area contributed by atoms with E-state index < -0.39 is 5.97 Å². The number of hydrogen-bond donors (Lipinski definition) is 2. The molecule has 25 heavy (non-hydrogen) atoms. The van der Waals surface area contributed by atoms with E-state index in [1.807, 2.05) is 54.6 Å². The number of carbonyl (C=O) groups is 2. The normalized spacial score (nSPS) is 10.2. The third-order valence-corrected chi connectivity index (χ3v) is 3.36. The minimum absolute atomic E-state index is 0.106. The summed E-state index contributed by atoms with van der Waals surface area (Å²) in [4.78, 5) is 22.1. The van der Waals surface area contributed by atoms with Crippen LogP contribution in [0.5, 0.6) is 5.75 Å². The van der Waals surface area contributed by atoms with E-state index in [1.54, 1.807) is 0 Å². The van der Waals surface area contributed by atoms with Crippen LogP contribution in [0.4, 0.5) is 0 Å². The number of carboxylic acid groups (broad SMARTS) is 1. The van der Waals surface area contributed by atoms with Gasteiger partial charge in [0.1, 0.15) is 12.4 Å². The van der Waals surface area contributed by atoms with Gasteiger partial charge in [-0.15, -0.1) is 0 Å². The molecule has 0 saturated carbocycles. The van der Waals surface area contributed by atoms with E-state index in [0.29, 0.717) is 5.75 Å². The van der Waals surface area contributed by atoms with Crippen LogP contribution in [-0.2, 0) is 20.7 Å². The smallest absolute Gasteiger partial charge is 0.329 e. The molecule has 0 fully saturated rings. The highest BCUT2D eigenvalue weighted by atomic mass is 16.5. The van der Waals surface area contributed by atoms with Crippen LogP contribution in [0.3, 0.4) is 0 Å². The number of amides is 1. The molecule has 0 aliphatic heterocycles. The maximum absolute atomic E-state index is 11.8. The molecule has 0 aromatic heterocycles. The van der Waals surface area contributed by atoms with Gasteiger partial charge in [-0.3, -0.25) is 4.79 Å². The Morgan fingerprint density at radius 3 is 2.44 bits per heavy atom. The highest BCUT2D eigenvalue weighted by Gasteiger charge is 2.07. The standard InChI is InChI=1S/C19H21NO5/c21-18(20-10-11-24-14-19(22)23)13-25-17-9-5-4-8-16(17)12-15-6-2-1-3-7-15/h1-9H,10-14H2,(H,20,21)(H,22,23). The number of para-hydroxylation sites is 1. The van der Waals surface area contributed by atoms with Crippen molar-refractivity contribution in [3.05, 3.63) is 65.7 Å². The molecule has 2 N–H and O–H groups in total. The van der Waals surface area contributed by atoms with Crippen molar-refractivity contribution < 1.29 is 24.2 Å². The minimum Gasteiger partial charge on any atom is -0.483 e. The predicted octanol–water partition coefficient (Wildman–Crippen LogP) is 1.87. The molecule has 0 bridgehead atoms. The summed E-state index contributed by atoms with van der Waals surface area (Å²) in [6.45, 7) is -0.103. The molecule has 0 aliphatic carbocycles. The monoisotopic (exact) mass is 343 g/mol. The van der Waals surface area contributed by atoms with Crippen molar-refractivity contribution in [1.29, 1.82) is 0 Å². The first-order valence-electron chi connectivity index (χ1n) is 7.96. The van der Waals surface area contributed by atoms with Crippen LogP contribution in [0.1, 0.15) is 11.1 Å². The third kappa shape index (κ3) is 7.05. The molecule has 0 atom stereocenters. The number of ether oxygens (including phenoxy) is 2. The van der Waals surface area contributed by atoms with E-state index in [9.17, 15) is 9.59 Å². The van der Waals surface area contributed by atoms with Gasteiger partial charge in [0.25, 0.3) is 5.91 Å². The maximum atomic E-state index is 11.8. The van der Waals surface area contributed by atoms with E-state index in [0.717, 1.165) is 12.0 Å². The summed E-state index contributed by atoms with van der Waals surface area (Å²) in [5.74, 6) is -0.651. The first-order valence-corrected chi connectivity index (χ1v) is 7.96. The molecule has 0 heterocycles. The van der Waals surface area contributed by atoms with Gasteiger partial charge in [0.15, 0.2) is 6.61 Å². The quantitative estimate of drug-likeness (QED) is 0.644. The van der Waals surface area contributed by atoms with E-state index in [-0.39, 0.29) is 32.3 Å². The molecular formula is C19H21NO5. The molecule has 0 radical (unpaired) electrons. The van der Waals surface area contributed by atoms with Crippen molar-refractivity contribution in [1.82, 2.24) is 5.32 Å². The summed E-state index contributed by atoms with van der Waals surface area (Å²) < 4.78 is 10.5. The summed E-state index contributed by atoms with van der Waals surface area (Å²) >= 11 is 0. The Labute approximate surface area is 146 Å². The van der Waals surface area contributed by atoms with Crippen LogP contribution in [0.2, 0.25) is 0 Å². The summed E-state index contributed by atoms with van der Waals surface area (Å²) in [6.07, 6.45) is 0.724. The lowest BCUT2D eigenvalue weighted by atomic mass is 10.0. The number of aliphatic carboxylic acids is 1. The Bertz CT molecular complexity index is 687. The van der Waals surface area contributed by atoms with Gasteiger partial charge in [-0.2, -0.15) is 0 Å². The molecular weight excluding hydrogens is 322 g/mol. The van der Waals surface area contributed by atoms with Gasteiger partial charge in [-0.05, 0) is 17.2 Å². The molecule has 0 spiro atoms. The van der Waals surface area contributed by atoms with Crippen molar-refractivity contribution in [2.24, 2.45) is 0 Å². The zero-order valence-corrected chi connectivity index (χ0v) is 13.8. The zero-order valence-electron chi connectivity index (χ0n) is 13.8. The molecule has 2 rings (SSSR count). The van der Waals surface area contributed by atoms with Crippen LogP contribution >= 0.6 is 0 Å². The third-order valence-electron chi connectivity index (χ3n) is 3.36. The summed E-state index contributed by atoms with van der Waals surface area (Å²) in [5, 5.41) is 11.0. The zero-order chi connectivity index (χ0) is 17.9. The van der Waals surface area contributed by atoms with E-state index >= 15 is 0 Å². The largest absolute Gasteiger partial charge is 0.483 e. The molecule has 1 amide bonds. The fraction of sp³-hybridized carbons (Fsp3) is 0.263.